The van der Waals surface area contributed by atoms with Crippen LogP contribution in [0.2, 0.25) is 5.02 Å². The third-order valence-corrected chi connectivity index (χ3v) is 5.17. The van der Waals surface area contributed by atoms with Crippen LogP contribution in [0.4, 0.5) is 0 Å². The first-order valence-corrected chi connectivity index (χ1v) is 7.37. The summed E-state index contributed by atoms with van der Waals surface area (Å²) in [5.74, 6) is 0. The van der Waals surface area contributed by atoms with E-state index >= 15 is 0 Å². The molecule has 1 aromatic rings. The van der Waals surface area contributed by atoms with E-state index in [2.05, 4.69) is 21.6 Å². The summed E-state index contributed by atoms with van der Waals surface area (Å²) >= 11 is 5.88. The van der Waals surface area contributed by atoms with Crippen LogP contribution in [0.1, 0.15) is 24.8 Å². The van der Waals surface area contributed by atoms with Gasteiger partial charge in [0.05, 0.1) is 0 Å². The third kappa shape index (κ3) is 2.15. The van der Waals surface area contributed by atoms with E-state index in [1.807, 2.05) is 12.1 Å². The molecule has 1 fully saturated rings. The van der Waals surface area contributed by atoms with Crippen molar-refractivity contribution < 1.29 is 0 Å². The molecule has 4 heteroatoms. The first-order chi connectivity index (χ1) is 7.84. The van der Waals surface area contributed by atoms with E-state index < -0.39 is 0 Å². The van der Waals surface area contributed by atoms with Gasteiger partial charge in [0, 0.05) is 23.7 Å². The molecule has 84 valence electrons. The molecule has 0 saturated carbocycles. The molecule has 1 saturated heterocycles. The van der Waals surface area contributed by atoms with Gasteiger partial charge in [-0.05, 0) is 25.0 Å². The van der Waals surface area contributed by atoms with Crippen LogP contribution in [0.5, 0.6) is 0 Å². The Morgan fingerprint density at radius 2 is 1.75 bits per heavy atom. The first kappa shape index (κ1) is 10.7. The minimum atomic E-state index is -0.286. The fraction of sp³-hybridized carbons (Fsp3) is 0.417. The van der Waals surface area contributed by atoms with Gasteiger partial charge >= 0.3 is 0 Å². The molecule has 0 radical (unpaired) electrons. The largest absolute Gasteiger partial charge is 0.259 e. The van der Waals surface area contributed by atoms with E-state index in [1.165, 1.54) is 43.4 Å². The lowest BCUT2D eigenvalue weighted by molar-refractivity contribution is 0.374. The number of benzene rings is 1. The zero-order valence-corrected chi connectivity index (χ0v) is 10.7. The molecule has 0 N–H and O–H groups in total. The Morgan fingerprint density at radius 1 is 1.06 bits per heavy atom. The highest BCUT2D eigenvalue weighted by Crippen LogP contribution is 2.59. The molecule has 1 aromatic carbocycles. The summed E-state index contributed by atoms with van der Waals surface area (Å²) < 4.78 is 7.19. The maximum atomic E-state index is 5.88. The number of nitrogens with zero attached hydrogens (tertiary/aromatic N) is 2. The second kappa shape index (κ2) is 4.44. The Kier molecular flexibility index (Phi) is 2.97. The van der Waals surface area contributed by atoms with Crippen LogP contribution < -0.4 is 0 Å². The Bertz CT molecular complexity index is 410. The van der Waals surface area contributed by atoms with Gasteiger partial charge in [0.1, 0.15) is 13.7 Å². The fourth-order valence-corrected chi connectivity index (χ4v) is 4.04. The second-order valence-corrected chi connectivity index (χ2v) is 6.44. The second-order valence-electron chi connectivity index (χ2n) is 4.23. The molecular weight excluding hydrogens is 239 g/mol. The van der Waals surface area contributed by atoms with Crippen molar-refractivity contribution in [3.8, 4) is 0 Å². The summed E-state index contributed by atoms with van der Waals surface area (Å²) in [6.07, 6.45) is 4.06. The molecule has 3 rings (SSSR count). The number of hydrogen-bond acceptors (Lipinski definition) is 2. The Labute approximate surface area is 102 Å². The van der Waals surface area contributed by atoms with Crippen LogP contribution in [0.25, 0.3) is 0 Å². The smallest absolute Gasteiger partial charge is 0.142 e. The fourth-order valence-electron chi connectivity index (χ4n) is 2.10. The van der Waals surface area contributed by atoms with E-state index in [4.69, 9.17) is 11.6 Å². The molecule has 0 aromatic heterocycles. The van der Waals surface area contributed by atoms with Crippen molar-refractivity contribution in [2.75, 3.05) is 13.1 Å². The minimum Gasteiger partial charge on any atom is -0.259 e. The molecule has 0 spiro atoms. The van der Waals surface area contributed by atoms with Gasteiger partial charge < -0.3 is 0 Å². The predicted molar refractivity (Wildman–Crippen MR) is 70.3 cm³/mol. The zero-order chi connectivity index (χ0) is 11.0. The first-order valence-electron chi connectivity index (χ1n) is 5.74. The topological polar surface area (TPSA) is 15.6 Å². The molecule has 1 unspecified atom stereocenters. The molecule has 16 heavy (non-hydrogen) atoms. The quantitative estimate of drug-likeness (QED) is 0.729. The molecular formula is C12H14ClN2P. The van der Waals surface area contributed by atoms with Gasteiger partial charge in [0.15, 0.2) is 0 Å². The summed E-state index contributed by atoms with van der Waals surface area (Å²) in [6.45, 7) is 2.46. The van der Waals surface area contributed by atoms with Crippen molar-refractivity contribution in [3.63, 3.8) is 0 Å². The monoisotopic (exact) mass is 252 g/mol. The van der Waals surface area contributed by atoms with E-state index in [1.54, 1.807) is 0 Å². The van der Waals surface area contributed by atoms with Crippen molar-refractivity contribution in [2.45, 2.75) is 19.3 Å². The van der Waals surface area contributed by atoms with Crippen LogP contribution in [-0.2, 0) is 0 Å². The SMILES string of the molecule is Clc1ccc(C2=NP2N2CCCCC2)cc1. The van der Waals surface area contributed by atoms with Gasteiger partial charge in [-0.1, -0.05) is 30.2 Å². The van der Waals surface area contributed by atoms with Gasteiger partial charge in [-0.2, -0.15) is 0 Å². The number of hydrogen-bond donors (Lipinski definition) is 0. The van der Waals surface area contributed by atoms with E-state index in [-0.39, 0.29) is 8.22 Å². The summed E-state index contributed by atoms with van der Waals surface area (Å²) in [6, 6.07) is 8.05. The molecule has 2 nitrogen and oxygen atoms in total. The van der Waals surface area contributed by atoms with Gasteiger partial charge in [0.2, 0.25) is 0 Å². The minimum absolute atomic E-state index is 0.286. The van der Waals surface area contributed by atoms with Gasteiger partial charge in [-0.3, -0.25) is 4.67 Å². The lowest BCUT2D eigenvalue weighted by Gasteiger charge is -2.24. The van der Waals surface area contributed by atoms with Gasteiger partial charge in [-0.25, -0.2) is 4.76 Å². The van der Waals surface area contributed by atoms with Crippen molar-refractivity contribution in [2.24, 2.45) is 4.76 Å². The summed E-state index contributed by atoms with van der Waals surface area (Å²) in [5.41, 5.74) is 2.55. The summed E-state index contributed by atoms with van der Waals surface area (Å²) in [5, 5.41) is 0.798. The average Bonchev–Trinajstić information content (AvgIpc) is 3.11. The highest BCUT2D eigenvalue weighted by molar-refractivity contribution is 7.81. The summed E-state index contributed by atoms with van der Waals surface area (Å²) in [7, 11) is -0.286. The van der Waals surface area contributed by atoms with Crippen molar-refractivity contribution in [1.82, 2.24) is 4.67 Å². The average molecular weight is 253 g/mol. The number of rotatable bonds is 2. The maximum Gasteiger partial charge on any atom is 0.142 e. The van der Waals surface area contributed by atoms with Crippen molar-refractivity contribution in [1.29, 1.82) is 0 Å². The van der Waals surface area contributed by atoms with Crippen LogP contribution >= 0.6 is 19.8 Å². The standard InChI is InChI=1S/C12H14ClN2P/c13-11-6-4-10(5-7-11)12-14-16(12)15-8-2-1-3-9-15/h4-7H,1-3,8-9H2. The number of piperidine rings is 1. The summed E-state index contributed by atoms with van der Waals surface area (Å²) in [4.78, 5) is 0. The highest BCUT2D eigenvalue weighted by Gasteiger charge is 2.35. The zero-order valence-electron chi connectivity index (χ0n) is 9.06. The predicted octanol–water partition coefficient (Wildman–Crippen LogP) is 3.90. The van der Waals surface area contributed by atoms with Crippen LogP contribution in [0.3, 0.4) is 0 Å². The van der Waals surface area contributed by atoms with E-state index in [0.717, 1.165) is 5.02 Å². The molecule has 1 atom stereocenters. The normalized spacial score (nSPS) is 25.3. The van der Waals surface area contributed by atoms with E-state index in [9.17, 15) is 0 Å². The Morgan fingerprint density at radius 3 is 2.44 bits per heavy atom. The van der Waals surface area contributed by atoms with Crippen molar-refractivity contribution in [3.05, 3.63) is 34.9 Å². The van der Waals surface area contributed by atoms with Crippen LogP contribution in [0.15, 0.2) is 29.0 Å². The molecule has 0 bridgehead atoms. The number of halogens is 1. The lowest BCUT2D eigenvalue weighted by Crippen LogP contribution is -2.23. The van der Waals surface area contributed by atoms with E-state index in [0.29, 0.717) is 0 Å². The van der Waals surface area contributed by atoms with Crippen molar-refractivity contribution >= 4 is 25.3 Å². The molecule has 2 aliphatic heterocycles. The third-order valence-electron chi connectivity index (χ3n) is 3.04. The Balaban J connectivity index is 1.66. The maximum absolute atomic E-state index is 5.88. The van der Waals surface area contributed by atoms with Crippen LogP contribution in [-0.4, -0.2) is 23.2 Å². The Hall–Kier alpha value is -0.430. The molecule has 2 aliphatic rings. The van der Waals surface area contributed by atoms with Crippen LogP contribution in [0, 0.1) is 0 Å². The molecule has 0 aliphatic carbocycles. The molecule has 0 amide bonds. The molecule has 2 heterocycles. The van der Waals surface area contributed by atoms with Gasteiger partial charge in [-0.15, -0.1) is 0 Å². The highest BCUT2D eigenvalue weighted by atomic mass is 35.5. The van der Waals surface area contributed by atoms with Gasteiger partial charge in [0.25, 0.3) is 0 Å². The lowest BCUT2D eigenvalue weighted by atomic mass is 10.2.